The normalized spacial score (nSPS) is 15.2. The van der Waals surface area contributed by atoms with Gasteiger partial charge in [-0.15, -0.1) is 0 Å². The maximum atomic E-state index is 15.6. The van der Waals surface area contributed by atoms with Gasteiger partial charge in [0.05, 0.1) is 16.6 Å². The molecule has 9 aromatic carbocycles. The minimum Gasteiger partial charge on any atom is -0.306 e. The van der Waals surface area contributed by atoms with Crippen LogP contribution in [0.2, 0.25) is 0 Å². The Hall–Kier alpha value is -7.88. The molecule has 2 aliphatic carbocycles. The number of fused-ring (bicyclic) bond motifs is 11. The van der Waals surface area contributed by atoms with Crippen LogP contribution in [0, 0.1) is 5.92 Å². The van der Waals surface area contributed by atoms with E-state index in [1.54, 1.807) is 0 Å². The van der Waals surface area contributed by atoms with Crippen molar-refractivity contribution in [3.8, 4) is 22.3 Å². The predicted octanol–water partition coefficient (Wildman–Crippen LogP) is 14.0. The summed E-state index contributed by atoms with van der Waals surface area (Å²) in [5.74, 6) is 0.282. The SMILES string of the molecule is O=c1c2cc(-c3cccc4ccccc34)cc3c(=O)c4cc(-c5cccc6ccccc56)c5ccccc5c4n(c23)c2c1cc(C1=C3C=CC=CC3CC=C1)c1ccccc12. The molecule has 0 saturated carbocycles. The molecule has 3 nitrogen and oxygen atoms in total. The second kappa shape index (κ2) is 12.8. The van der Waals surface area contributed by atoms with Gasteiger partial charge in [0.15, 0.2) is 10.9 Å². The smallest absolute Gasteiger partial charge is 0.197 e. The monoisotopic (exact) mass is 777 g/mol. The van der Waals surface area contributed by atoms with E-state index in [4.69, 9.17) is 0 Å². The summed E-state index contributed by atoms with van der Waals surface area (Å²) in [5.41, 5.74) is 9.46. The molecular weight excluding hydrogens is 743 g/mol. The van der Waals surface area contributed by atoms with E-state index in [-0.39, 0.29) is 16.8 Å². The quantitative estimate of drug-likeness (QED) is 0.132. The highest BCUT2D eigenvalue weighted by Gasteiger charge is 2.26. The third-order valence-corrected chi connectivity index (χ3v) is 13.4. The largest absolute Gasteiger partial charge is 0.306 e. The van der Waals surface area contributed by atoms with Crippen LogP contribution < -0.4 is 10.9 Å². The number of nitrogens with zero attached hydrogens (tertiary/aromatic N) is 1. The lowest BCUT2D eigenvalue weighted by atomic mass is 9.80. The molecule has 0 spiro atoms. The Morgan fingerprint density at radius 1 is 0.410 bits per heavy atom. The summed E-state index contributed by atoms with van der Waals surface area (Å²) >= 11 is 0. The fraction of sp³-hybridized carbons (Fsp3) is 0.0345. The summed E-state index contributed by atoms with van der Waals surface area (Å²) in [7, 11) is 0. The second-order valence-electron chi connectivity index (χ2n) is 16.6. The molecule has 284 valence electrons. The van der Waals surface area contributed by atoms with Crippen molar-refractivity contribution < 1.29 is 0 Å². The number of pyridine rings is 2. The number of aromatic nitrogens is 1. The molecule has 0 aliphatic heterocycles. The maximum absolute atomic E-state index is 15.6. The second-order valence-corrected chi connectivity index (χ2v) is 16.6. The Labute approximate surface area is 350 Å². The number of allylic oxidation sites excluding steroid dienone is 8. The van der Waals surface area contributed by atoms with Crippen LogP contribution in [0.15, 0.2) is 209 Å². The molecule has 0 bridgehead atoms. The Kier molecular flexibility index (Phi) is 7.15. The van der Waals surface area contributed by atoms with Crippen molar-refractivity contribution >= 4 is 86.8 Å². The fourth-order valence-corrected chi connectivity index (χ4v) is 10.7. The Morgan fingerprint density at radius 2 is 0.902 bits per heavy atom. The number of rotatable bonds is 3. The zero-order chi connectivity index (χ0) is 40.3. The van der Waals surface area contributed by atoms with E-state index < -0.39 is 0 Å². The van der Waals surface area contributed by atoms with Crippen molar-refractivity contribution in [2.24, 2.45) is 5.92 Å². The van der Waals surface area contributed by atoms with Crippen LogP contribution in [0.4, 0.5) is 0 Å². The molecule has 1 atom stereocenters. The first-order valence-electron chi connectivity index (χ1n) is 21.0. The highest BCUT2D eigenvalue weighted by molar-refractivity contribution is 6.23. The Morgan fingerprint density at radius 3 is 1.56 bits per heavy atom. The van der Waals surface area contributed by atoms with Gasteiger partial charge < -0.3 is 4.40 Å². The van der Waals surface area contributed by atoms with E-state index >= 15 is 9.59 Å². The highest BCUT2D eigenvalue weighted by Crippen LogP contribution is 2.44. The average Bonchev–Trinajstić information content (AvgIpc) is 3.32. The first-order chi connectivity index (χ1) is 30.1. The lowest BCUT2D eigenvalue weighted by Gasteiger charge is -2.25. The fourth-order valence-electron chi connectivity index (χ4n) is 10.7. The van der Waals surface area contributed by atoms with Gasteiger partial charge in [-0.1, -0.05) is 170 Å². The van der Waals surface area contributed by atoms with Gasteiger partial charge in [-0.3, -0.25) is 9.59 Å². The lowest BCUT2D eigenvalue weighted by molar-refractivity contribution is 0.784. The van der Waals surface area contributed by atoms with Gasteiger partial charge in [0.2, 0.25) is 0 Å². The molecule has 2 aliphatic rings. The van der Waals surface area contributed by atoms with Gasteiger partial charge in [0.25, 0.3) is 0 Å². The van der Waals surface area contributed by atoms with Gasteiger partial charge in [-0.25, -0.2) is 0 Å². The van der Waals surface area contributed by atoms with E-state index in [0.717, 1.165) is 93.9 Å². The van der Waals surface area contributed by atoms with Crippen LogP contribution in [-0.4, -0.2) is 4.40 Å². The average molecular weight is 778 g/mol. The van der Waals surface area contributed by atoms with Crippen molar-refractivity contribution in [1.29, 1.82) is 0 Å². The molecule has 61 heavy (non-hydrogen) atoms. The Balaban J connectivity index is 1.27. The van der Waals surface area contributed by atoms with E-state index in [0.29, 0.717) is 27.1 Å². The molecule has 0 fully saturated rings. The van der Waals surface area contributed by atoms with Gasteiger partial charge in [-0.05, 0) is 102 Å². The predicted molar refractivity (Wildman–Crippen MR) is 257 cm³/mol. The molecule has 2 aromatic heterocycles. The molecule has 0 radical (unpaired) electrons. The van der Waals surface area contributed by atoms with E-state index in [1.165, 1.54) is 5.57 Å². The third-order valence-electron chi connectivity index (χ3n) is 13.4. The topological polar surface area (TPSA) is 38.5 Å². The van der Waals surface area contributed by atoms with Crippen molar-refractivity contribution in [2.75, 3.05) is 0 Å². The van der Waals surface area contributed by atoms with Gasteiger partial charge in [-0.2, -0.15) is 0 Å². The van der Waals surface area contributed by atoms with Crippen molar-refractivity contribution in [3.63, 3.8) is 0 Å². The summed E-state index contributed by atoms with van der Waals surface area (Å²) in [6.07, 6.45) is 14.2. The standard InChI is InChI=1S/C58H35NO2/c60-57-50-30-37(41-27-11-17-34-14-1-4-20-38(34)41)31-51-56(50)59(54-46-25-9-7-23-44(46)48(32-52(54)57)42-28-12-18-35-15-2-5-21-39(35)42)55-47-26-10-8-24-45(47)49(33-53(55)58(51)61)43-29-13-19-36-16-3-6-22-40(36)43/h1-18,20-33,36H,19H2. The van der Waals surface area contributed by atoms with Crippen LogP contribution in [0.25, 0.3) is 109 Å². The molecule has 11 aromatic rings. The zero-order valence-electron chi connectivity index (χ0n) is 33.0. The first kappa shape index (κ1) is 34.0. The van der Waals surface area contributed by atoms with Crippen molar-refractivity contribution in [2.45, 2.75) is 6.42 Å². The molecule has 0 saturated heterocycles. The highest BCUT2D eigenvalue weighted by atomic mass is 16.1. The Bertz CT molecular complexity index is 4000. The minimum absolute atomic E-state index is 0.0782. The molecule has 3 heteroatoms. The summed E-state index contributed by atoms with van der Waals surface area (Å²) in [5, 5.41) is 10.8. The van der Waals surface area contributed by atoms with Crippen LogP contribution in [0.1, 0.15) is 12.0 Å². The van der Waals surface area contributed by atoms with E-state index in [2.05, 4.69) is 174 Å². The summed E-state index contributed by atoms with van der Waals surface area (Å²) in [6.45, 7) is 0. The van der Waals surface area contributed by atoms with Crippen molar-refractivity contribution in [3.05, 3.63) is 226 Å². The number of hydrogen-bond acceptors (Lipinski definition) is 2. The lowest BCUT2D eigenvalue weighted by Crippen LogP contribution is -2.15. The summed E-state index contributed by atoms with van der Waals surface area (Å²) in [6, 6.07) is 54.6. The maximum Gasteiger partial charge on any atom is 0.197 e. The summed E-state index contributed by atoms with van der Waals surface area (Å²) < 4.78 is 2.27. The first-order valence-corrected chi connectivity index (χ1v) is 21.0. The number of hydrogen-bond donors (Lipinski definition) is 0. The third kappa shape index (κ3) is 4.80. The minimum atomic E-state index is -0.0866. The van der Waals surface area contributed by atoms with Crippen LogP contribution in [-0.2, 0) is 0 Å². The van der Waals surface area contributed by atoms with Gasteiger partial charge in [0, 0.05) is 38.2 Å². The molecule has 2 heterocycles. The van der Waals surface area contributed by atoms with Crippen LogP contribution >= 0.6 is 0 Å². The molecular formula is C58H35NO2. The van der Waals surface area contributed by atoms with Crippen LogP contribution in [0.5, 0.6) is 0 Å². The van der Waals surface area contributed by atoms with E-state index in [1.807, 2.05) is 24.3 Å². The van der Waals surface area contributed by atoms with Crippen LogP contribution in [0.3, 0.4) is 0 Å². The number of benzene rings is 9. The van der Waals surface area contributed by atoms with Gasteiger partial charge >= 0.3 is 0 Å². The summed E-state index contributed by atoms with van der Waals surface area (Å²) in [4.78, 5) is 31.2. The molecule has 1 unspecified atom stereocenters. The van der Waals surface area contributed by atoms with Crippen molar-refractivity contribution in [1.82, 2.24) is 4.40 Å². The molecule has 13 rings (SSSR count). The molecule has 0 amide bonds. The van der Waals surface area contributed by atoms with E-state index in [9.17, 15) is 0 Å². The molecule has 0 N–H and O–H groups in total. The zero-order valence-corrected chi connectivity index (χ0v) is 33.0. The van der Waals surface area contributed by atoms with Gasteiger partial charge in [0.1, 0.15) is 0 Å².